The van der Waals surface area contributed by atoms with Crippen molar-refractivity contribution in [3.63, 3.8) is 0 Å². The fraction of sp³-hybridized carbons (Fsp3) is 1.00. The largest absolute Gasteiger partial charge is 0.395 e. The lowest BCUT2D eigenvalue weighted by Crippen LogP contribution is -2.31. The van der Waals surface area contributed by atoms with Gasteiger partial charge in [-0.3, -0.25) is 14.4 Å². The van der Waals surface area contributed by atoms with Crippen molar-refractivity contribution in [3.05, 3.63) is 0 Å². The number of nitrogens with one attached hydrogen (secondary N) is 1. The lowest BCUT2D eigenvalue weighted by molar-refractivity contribution is 0.282. The first kappa shape index (κ1) is 13.2. The van der Waals surface area contributed by atoms with E-state index in [4.69, 9.17) is 24.7 Å². The van der Waals surface area contributed by atoms with Crippen LogP contribution in [0, 0.1) is 0 Å². The van der Waals surface area contributed by atoms with Crippen molar-refractivity contribution < 1.29 is 33.8 Å². The summed E-state index contributed by atoms with van der Waals surface area (Å²) in [7, 11) is -9.82. The Hall–Kier alpha value is 0.220. The zero-order valence-electron chi connectivity index (χ0n) is 6.44. The van der Waals surface area contributed by atoms with Gasteiger partial charge in [-0.1, -0.05) is 0 Å². The highest BCUT2D eigenvalue weighted by molar-refractivity contribution is 7.70. The lowest BCUT2D eigenvalue weighted by Gasteiger charge is -2.19. The third kappa shape index (κ3) is 4.85. The molecule has 0 heterocycles. The van der Waals surface area contributed by atoms with Gasteiger partial charge < -0.3 is 24.7 Å². The maximum absolute atomic E-state index is 10.5. The molecule has 0 fully saturated rings. The molecular formula is C3H11NO7P2. The maximum Gasteiger partial charge on any atom is 0.354 e. The highest BCUT2D eigenvalue weighted by atomic mass is 31.2. The van der Waals surface area contributed by atoms with E-state index in [1.807, 2.05) is 5.32 Å². The molecule has 0 unspecified atom stereocenters. The number of hydrogen-bond donors (Lipinski definition) is 6. The second-order valence-corrected chi connectivity index (χ2v) is 6.03. The van der Waals surface area contributed by atoms with Crippen LogP contribution in [0.15, 0.2) is 0 Å². The van der Waals surface area contributed by atoms with Gasteiger partial charge in [0.25, 0.3) is 0 Å². The van der Waals surface area contributed by atoms with Gasteiger partial charge in [-0.15, -0.1) is 0 Å². The van der Waals surface area contributed by atoms with Crippen LogP contribution in [0.2, 0.25) is 0 Å². The van der Waals surface area contributed by atoms with Crippen molar-refractivity contribution in [1.29, 1.82) is 0 Å². The van der Waals surface area contributed by atoms with Crippen LogP contribution in [-0.2, 0) is 9.13 Å². The molecule has 0 aliphatic carbocycles. The first-order chi connectivity index (χ1) is 5.69. The molecular weight excluding hydrogens is 224 g/mol. The maximum atomic E-state index is 10.5. The second kappa shape index (κ2) is 4.63. The Balaban J connectivity index is 4.59. The number of rotatable bonds is 5. The van der Waals surface area contributed by atoms with Crippen molar-refractivity contribution >= 4 is 15.2 Å². The summed E-state index contributed by atoms with van der Waals surface area (Å²) < 4.78 is 21.1. The van der Waals surface area contributed by atoms with E-state index >= 15 is 0 Å². The van der Waals surface area contributed by atoms with Crippen LogP contribution < -0.4 is 5.32 Å². The van der Waals surface area contributed by atoms with Gasteiger partial charge in [0.1, 0.15) is 0 Å². The average Bonchev–Trinajstić information content (AvgIpc) is 1.81. The Bertz CT molecular complexity index is 220. The normalized spacial score (nSPS) is 13.7. The second-order valence-electron chi connectivity index (χ2n) is 2.23. The van der Waals surface area contributed by atoms with Gasteiger partial charge >= 0.3 is 15.2 Å². The smallest absolute Gasteiger partial charge is 0.354 e. The minimum Gasteiger partial charge on any atom is -0.395 e. The summed E-state index contributed by atoms with van der Waals surface area (Å²) in [6.45, 7) is -0.780. The first-order valence-corrected chi connectivity index (χ1v) is 6.50. The Morgan fingerprint density at radius 2 is 1.46 bits per heavy atom. The summed E-state index contributed by atoms with van der Waals surface area (Å²) in [4.78, 5) is 34.1. The van der Waals surface area contributed by atoms with Gasteiger partial charge in [0.05, 0.1) is 6.61 Å². The van der Waals surface area contributed by atoms with Crippen LogP contribution in [0.5, 0.6) is 0 Å². The topological polar surface area (TPSA) is 147 Å². The zero-order chi connectivity index (χ0) is 10.7. The number of hydrogen-bond acceptors (Lipinski definition) is 4. The van der Waals surface area contributed by atoms with E-state index in [2.05, 4.69) is 0 Å². The van der Waals surface area contributed by atoms with Gasteiger partial charge in [0, 0.05) is 6.54 Å². The van der Waals surface area contributed by atoms with Gasteiger partial charge in [0.2, 0.25) is 5.52 Å². The Kier molecular flexibility index (Phi) is 4.71. The SMILES string of the molecule is O=P(O)(O)C(NCCO)P(=O)(O)O. The quantitative estimate of drug-likeness (QED) is 0.306. The van der Waals surface area contributed by atoms with E-state index in [1.165, 1.54) is 0 Å². The Labute approximate surface area is 73.9 Å². The number of aliphatic hydroxyl groups excluding tert-OH is 1. The van der Waals surface area contributed by atoms with Gasteiger partial charge in [0.15, 0.2) is 0 Å². The fourth-order valence-corrected chi connectivity index (χ4v) is 2.93. The zero-order valence-corrected chi connectivity index (χ0v) is 8.23. The molecule has 0 aromatic rings. The Morgan fingerprint density at radius 1 is 1.08 bits per heavy atom. The molecule has 0 rings (SSSR count). The molecule has 0 amide bonds. The standard InChI is InChI=1S/C3H11NO7P2/c5-2-1-4-3(12(6,7)8)13(9,10)11/h3-5H,1-2H2,(H2,6,7,8)(H2,9,10,11). The van der Waals surface area contributed by atoms with Crippen LogP contribution in [0.1, 0.15) is 0 Å². The summed E-state index contributed by atoms with van der Waals surface area (Å²) in [6.07, 6.45) is 0. The molecule has 80 valence electrons. The monoisotopic (exact) mass is 235 g/mol. The lowest BCUT2D eigenvalue weighted by atomic mass is 10.7. The average molecular weight is 235 g/mol. The molecule has 6 N–H and O–H groups in total. The molecule has 0 bridgehead atoms. The Morgan fingerprint density at radius 3 is 1.69 bits per heavy atom. The highest BCUT2D eigenvalue weighted by Crippen LogP contribution is 2.58. The molecule has 0 atom stereocenters. The molecule has 0 aromatic heterocycles. The van der Waals surface area contributed by atoms with E-state index in [0.717, 1.165) is 0 Å². The van der Waals surface area contributed by atoms with E-state index in [1.54, 1.807) is 0 Å². The molecule has 0 aromatic carbocycles. The van der Waals surface area contributed by atoms with Crippen molar-refractivity contribution in [2.24, 2.45) is 0 Å². The molecule has 0 saturated carbocycles. The van der Waals surface area contributed by atoms with E-state index in [-0.39, 0.29) is 6.54 Å². The highest BCUT2D eigenvalue weighted by Gasteiger charge is 2.42. The third-order valence-corrected chi connectivity index (χ3v) is 4.52. The van der Waals surface area contributed by atoms with Crippen LogP contribution in [0.25, 0.3) is 0 Å². The summed E-state index contributed by atoms with van der Waals surface area (Å²) in [6, 6.07) is 0. The molecule has 13 heavy (non-hydrogen) atoms. The fourth-order valence-electron chi connectivity index (χ4n) is 0.627. The van der Waals surface area contributed by atoms with Crippen LogP contribution >= 0.6 is 15.2 Å². The summed E-state index contributed by atoms with van der Waals surface area (Å²) in [5.41, 5.74) is -2.24. The van der Waals surface area contributed by atoms with Crippen molar-refractivity contribution in [3.8, 4) is 0 Å². The van der Waals surface area contributed by atoms with Crippen molar-refractivity contribution in [2.75, 3.05) is 13.2 Å². The van der Waals surface area contributed by atoms with E-state index < -0.39 is 27.3 Å². The van der Waals surface area contributed by atoms with Gasteiger partial charge in [-0.2, -0.15) is 0 Å². The summed E-state index contributed by atoms with van der Waals surface area (Å²) in [5.74, 6) is 0. The van der Waals surface area contributed by atoms with Crippen LogP contribution in [0.3, 0.4) is 0 Å². The first-order valence-electron chi connectivity index (χ1n) is 3.14. The van der Waals surface area contributed by atoms with Crippen LogP contribution in [-0.4, -0.2) is 43.4 Å². The predicted octanol–water partition coefficient (Wildman–Crippen LogP) is -1.79. The third-order valence-electron chi connectivity index (χ3n) is 1.08. The van der Waals surface area contributed by atoms with Crippen molar-refractivity contribution in [1.82, 2.24) is 5.32 Å². The molecule has 0 radical (unpaired) electrons. The predicted molar refractivity (Wildman–Crippen MR) is 43.0 cm³/mol. The van der Waals surface area contributed by atoms with E-state index in [9.17, 15) is 9.13 Å². The van der Waals surface area contributed by atoms with E-state index in [0.29, 0.717) is 0 Å². The molecule has 0 aliphatic heterocycles. The molecule has 0 spiro atoms. The van der Waals surface area contributed by atoms with Crippen molar-refractivity contribution in [2.45, 2.75) is 5.52 Å². The van der Waals surface area contributed by atoms with Crippen LogP contribution in [0.4, 0.5) is 0 Å². The van der Waals surface area contributed by atoms with Gasteiger partial charge in [-0.05, 0) is 0 Å². The number of aliphatic hydroxyl groups is 1. The minimum absolute atomic E-state index is 0.305. The molecule has 8 nitrogen and oxygen atoms in total. The molecule has 0 saturated heterocycles. The van der Waals surface area contributed by atoms with Gasteiger partial charge in [-0.25, -0.2) is 0 Å². The minimum atomic E-state index is -4.91. The molecule has 10 heteroatoms. The summed E-state index contributed by atoms with van der Waals surface area (Å²) >= 11 is 0. The molecule has 0 aliphatic rings. The summed E-state index contributed by atoms with van der Waals surface area (Å²) in [5, 5.41) is 10.2.